The smallest absolute Gasteiger partial charge is 0.316 e. The van der Waals surface area contributed by atoms with E-state index in [-0.39, 0.29) is 17.4 Å². The molecule has 1 aromatic heterocycles. The molecule has 32 heavy (non-hydrogen) atoms. The summed E-state index contributed by atoms with van der Waals surface area (Å²) in [7, 11) is 1.39. The molecule has 1 aromatic rings. The lowest BCUT2D eigenvalue weighted by molar-refractivity contribution is -0.144. The summed E-state index contributed by atoms with van der Waals surface area (Å²) < 4.78 is 16.2. The maximum atomic E-state index is 12.0. The molecule has 3 atom stereocenters. The van der Waals surface area contributed by atoms with Gasteiger partial charge in [0, 0.05) is 24.2 Å². The molecule has 0 radical (unpaired) electrons. The van der Waals surface area contributed by atoms with Crippen molar-refractivity contribution in [3.8, 4) is 5.88 Å². The number of hydrogen-bond donors (Lipinski definition) is 1. The molecule has 0 spiro atoms. The van der Waals surface area contributed by atoms with E-state index in [4.69, 9.17) is 14.0 Å². The van der Waals surface area contributed by atoms with Gasteiger partial charge in [-0.25, -0.2) is 0 Å². The minimum atomic E-state index is -0.469. The Morgan fingerprint density at radius 2 is 2.06 bits per heavy atom. The minimum absolute atomic E-state index is 0.0514. The summed E-state index contributed by atoms with van der Waals surface area (Å²) in [5.74, 6) is 0.702. The summed E-state index contributed by atoms with van der Waals surface area (Å²) >= 11 is 0. The molecule has 180 valence electrons. The van der Waals surface area contributed by atoms with E-state index in [0.717, 1.165) is 51.9 Å². The standard InChI is InChI=1S/C24H39N3O5/c1-17(2)22(23(29)30-3)20-13-21(25-32-20)31-15-18-6-11-26(12-7-18)14-19-5-9-24(16-28)8-4-10-27(19)24/h13,17-19,22,28H,4-12,14-16H2,1-3H3/t19-,22?,24-/m0/s1. The molecule has 0 aliphatic carbocycles. The van der Waals surface area contributed by atoms with Gasteiger partial charge in [-0.15, -0.1) is 0 Å². The summed E-state index contributed by atoms with van der Waals surface area (Å²) in [6.07, 6.45) is 6.95. The zero-order chi connectivity index (χ0) is 22.7. The molecule has 0 saturated carbocycles. The van der Waals surface area contributed by atoms with E-state index < -0.39 is 5.92 Å². The number of nitrogens with zero attached hydrogens (tertiary/aromatic N) is 3. The lowest BCUT2D eigenvalue weighted by atomic mass is 9.93. The van der Waals surface area contributed by atoms with Gasteiger partial charge in [-0.2, -0.15) is 0 Å². The van der Waals surface area contributed by atoms with Gasteiger partial charge in [0.1, 0.15) is 5.92 Å². The zero-order valence-electron chi connectivity index (χ0n) is 19.8. The van der Waals surface area contributed by atoms with E-state index in [1.54, 1.807) is 6.07 Å². The molecule has 8 nitrogen and oxygen atoms in total. The van der Waals surface area contributed by atoms with Crippen LogP contribution in [0.5, 0.6) is 5.88 Å². The molecule has 3 saturated heterocycles. The first-order valence-electron chi connectivity index (χ1n) is 12.2. The van der Waals surface area contributed by atoms with Gasteiger partial charge < -0.3 is 24.0 Å². The van der Waals surface area contributed by atoms with Crippen LogP contribution in [0.25, 0.3) is 0 Å². The van der Waals surface area contributed by atoms with Crippen LogP contribution >= 0.6 is 0 Å². The van der Waals surface area contributed by atoms with Gasteiger partial charge >= 0.3 is 5.97 Å². The zero-order valence-corrected chi connectivity index (χ0v) is 19.8. The highest BCUT2D eigenvalue weighted by Crippen LogP contribution is 2.42. The van der Waals surface area contributed by atoms with Crippen molar-refractivity contribution in [2.75, 3.05) is 46.5 Å². The van der Waals surface area contributed by atoms with Gasteiger partial charge in [0.2, 0.25) is 0 Å². The molecule has 1 unspecified atom stereocenters. The van der Waals surface area contributed by atoms with Crippen molar-refractivity contribution in [2.45, 2.75) is 69.9 Å². The van der Waals surface area contributed by atoms with E-state index in [2.05, 4.69) is 15.0 Å². The highest BCUT2D eigenvalue weighted by Gasteiger charge is 2.48. The quantitative estimate of drug-likeness (QED) is 0.576. The van der Waals surface area contributed by atoms with Crippen molar-refractivity contribution in [3.63, 3.8) is 0 Å². The summed E-state index contributed by atoms with van der Waals surface area (Å²) in [5.41, 5.74) is 0.0791. The van der Waals surface area contributed by atoms with Crippen LogP contribution in [0.15, 0.2) is 10.6 Å². The Labute approximate surface area is 191 Å². The number of methoxy groups -OCH3 is 1. The third-order valence-corrected chi connectivity index (χ3v) is 7.91. The van der Waals surface area contributed by atoms with Crippen LogP contribution in [-0.4, -0.2) is 84.1 Å². The number of carbonyl (C=O) groups excluding carboxylic acids is 1. The predicted molar refractivity (Wildman–Crippen MR) is 120 cm³/mol. The van der Waals surface area contributed by atoms with Crippen LogP contribution < -0.4 is 4.74 Å². The third kappa shape index (κ3) is 4.82. The molecule has 4 rings (SSSR count). The summed E-state index contributed by atoms with van der Waals surface area (Å²) in [6.45, 7) is 9.28. The van der Waals surface area contributed by atoms with Gasteiger partial charge in [-0.1, -0.05) is 13.8 Å². The Morgan fingerprint density at radius 3 is 2.75 bits per heavy atom. The lowest BCUT2D eigenvalue weighted by Gasteiger charge is -2.38. The van der Waals surface area contributed by atoms with E-state index in [0.29, 0.717) is 36.8 Å². The second-order valence-electron chi connectivity index (χ2n) is 10.2. The summed E-state index contributed by atoms with van der Waals surface area (Å²) in [4.78, 5) is 17.2. The Morgan fingerprint density at radius 1 is 1.28 bits per heavy atom. The van der Waals surface area contributed by atoms with Gasteiger partial charge in [0.15, 0.2) is 5.76 Å². The number of aliphatic hydroxyl groups excluding tert-OH is 1. The largest absolute Gasteiger partial charge is 0.475 e. The number of likely N-dealkylation sites (tertiary alicyclic amines) is 1. The normalized spacial score (nSPS) is 28.2. The van der Waals surface area contributed by atoms with Gasteiger partial charge in [0.25, 0.3) is 5.88 Å². The fourth-order valence-electron chi connectivity index (χ4n) is 6.00. The predicted octanol–water partition coefficient (Wildman–Crippen LogP) is 2.67. The number of fused-ring (bicyclic) bond motifs is 1. The van der Waals surface area contributed by atoms with Crippen LogP contribution in [0, 0.1) is 11.8 Å². The van der Waals surface area contributed by atoms with Crippen molar-refractivity contribution in [1.82, 2.24) is 15.0 Å². The van der Waals surface area contributed by atoms with Crippen LogP contribution in [0.3, 0.4) is 0 Å². The number of hydrogen-bond acceptors (Lipinski definition) is 8. The fourth-order valence-corrected chi connectivity index (χ4v) is 6.00. The Hall–Kier alpha value is -1.64. The second kappa shape index (κ2) is 10.1. The number of rotatable bonds is 9. The van der Waals surface area contributed by atoms with Gasteiger partial charge in [0.05, 0.1) is 20.3 Å². The van der Waals surface area contributed by atoms with Crippen molar-refractivity contribution >= 4 is 5.97 Å². The van der Waals surface area contributed by atoms with Crippen molar-refractivity contribution in [3.05, 3.63) is 11.8 Å². The SMILES string of the molecule is COC(=O)C(c1cc(OCC2CCN(C[C@@H]3CC[C@]4(CO)CCCN34)CC2)no1)C(C)C. The number of aliphatic hydroxyl groups is 1. The van der Waals surface area contributed by atoms with Crippen LogP contribution in [-0.2, 0) is 9.53 Å². The van der Waals surface area contributed by atoms with Crippen LogP contribution in [0.2, 0.25) is 0 Å². The monoisotopic (exact) mass is 449 g/mol. The summed E-state index contributed by atoms with van der Waals surface area (Å²) in [5, 5.41) is 13.9. The van der Waals surface area contributed by atoms with Crippen molar-refractivity contribution < 1.29 is 23.9 Å². The van der Waals surface area contributed by atoms with Gasteiger partial charge in [-0.3, -0.25) is 9.69 Å². The third-order valence-electron chi connectivity index (χ3n) is 7.91. The first-order valence-corrected chi connectivity index (χ1v) is 12.2. The first kappa shape index (κ1) is 23.5. The summed E-state index contributed by atoms with van der Waals surface area (Å²) in [6, 6.07) is 2.31. The number of esters is 1. The van der Waals surface area contributed by atoms with Crippen molar-refractivity contribution in [1.29, 1.82) is 0 Å². The molecular weight excluding hydrogens is 410 g/mol. The fraction of sp³-hybridized carbons (Fsp3) is 0.833. The Kier molecular flexibility index (Phi) is 7.42. The molecule has 3 fully saturated rings. The topological polar surface area (TPSA) is 88.3 Å². The van der Waals surface area contributed by atoms with E-state index in [9.17, 15) is 9.90 Å². The molecular formula is C24H39N3O5. The molecule has 3 aliphatic rings. The van der Waals surface area contributed by atoms with Gasteiger partial charge in [-0.05, 0) is 75.2 Å². The minimum Gasteiger partial charge on any atom is -0.475 e. The van der Waals surface area contributed by atoms with E-state index >= 15 is 0 Å². The average Bonchev–Trinajstić information content (AvgIpc) is 3.50. The number of carbonyl (C=O) groups is 1. The van der Waals surface area contributed by atoms with Crippen LogP contribution in [0.4, 0.5) is 0 Å². The number of aromatic nitrogens is 1. The Balaban J connectivity index is 1.22. The molecule has 0 amide bonds. The first-order chi connectivity index (χ1) is 15.5. The maximum Gasteiger partial charge on any atom is 0.316 e. The highest BCUT2D eigenvalue weighted by molar-refractivity contribution is 5.77. The molecule has 3 aliphatic heterocycles. The Bertz CT molecular complexity index is 761. The molecule has 0 bridgehead atoms. The maximum absolute atomic E-state index is 12.0. The number of ether oxygens (including phenoxy) is 2. The van der Waals surface area contributed by atoms with E-state index in [1.807, 2.05) is 13.8 Å². The molecule has 0 aromatic carbocycles. The molecule has 4 heterocycles. The lowest BCUT2D eigenvalue weighted by Crippen LogP contribution is -2.49. The van der Waals surface area contributed by atoms with Crippen LogP contribution in [0.1, 0.15) is 64.1 Å². The van der Waals surface area contributed by atoms with E-state index in [1.165, 1.54) is 20.0 Å². The second-order valence-corrected chi connectivity index (χ2v) is 10.2. The molecule has 8 heteroatoms. The average molecular weight is 450 g/mol. The molecule has 1 N–H and O–H groups in total. The highest BCUT2D eigenvalue weighted by atomic mass is 16.5. The van der Waals surface area contributed by atoms with Crippen molar-refractivity contribution in [2.24, 2.45) is 11.8 Å². The number of piperidine rings is 1.